The van der Waals surface area contributed by atoms with Crippen molar-refractivity contribution in [1.29, 1.82) is 5.26 Å². The molecule has 2 bridgehead atoms. The molecule has 3 aliphatic heterocycles. The smallest absolute Gasteiger partial charge is 0.257 e. The van der Waals surface area contributed by atoms with Crippen molar-refractivity contribution in [2.45, 2.75) is 68.7 Å². The molecule has 1 aromatic rings. The van der Waals surface area contributed by atoms with Crippen LogP contribution in [0.2, 0.25) is 0 Å². The van der Waals surface area contributed by atoms with Crippen molar-refractivity contribution >= 4 is 11.8 Å². The van der Waals surface area contributed by atoms with Gasteiger partial charge in [-0.3, -0.25) is 14.6 Å². The van der Waals surface area contributed by atoms with Crippen molar-refractivity contribution in [3.63, 3.8) is 0 Å². The van der Waals surface area contributed by atoms with Gasteiger partial charge in [0.15, 0.2) is 5.82 Å². The van der Waals surface area contributed by atoms with Gasteiger partial charge in [-0.25, -0.2) is 4.39 Å². The molecule has 1 saturated carbocycles. The second-order valence-electron chi connectivity index (χ2n) is 8.90. The van der Waals surface area contributed by atoms with Crippen molar-refractivity contribution in [2.24, 2.45) is 17.6 Å². The average Bonchev–Trinajstić information content (AvgIpc) is 3.31. The zero-order valence-electron chi connectivity index (χ0n) is 16.1. The van der Waals surface area contributed by atoms with Crippen LogP contribution in [-0.4, -0.2) is 56.8 Å². The van der Waals surface area contributed by atoms with Gasteiger partial charge in [0.2, 0.25) is 5.91 Å². The first-order chi connectivity index (χ1) is 14.0. The summed E-state index contributed by atoms with van der Waals surface area (Å²) >= 11 is 0. The Kier molecular flexibility index (Phi) is 4.32. The minimum absolute atomic E-state index is 0.0246. The van der Waals surface area contributed by atoms with E-state index in [1.165, 1.54) is 12.3 Å². The fourth-order valence-electron chi connectivity index (χ4n) is 5.79. The number of likely N-dealkylation sites (tertiary alicyclic amines) is 1. The van der Waals surface area contributed by atoms with E-state index in [1.807, 2.05) is 0 Å². The van der Waals surface area contributed by atoms with Crippen molar-refractivity contribution in [1.82, 2.24) is 14.8 Å². The number of halogens is 1. The first-order valence-corrected chi connectivity index (χ1v) is 10.4. The molecule has 4 heterocycles. The van der Waals surface area contributed by atoms with Crippen molar-refractivity contribution in [2.75, 3.05) is 0 Å². The normalized spacial score (nSPS) is 35.8. The lowest BCUT2D eigenvalue weighted by Gasteiger charge is -2.41. The number of pyridine rings is 1. The molecular weight excluding hydrogens is 373 g/mol. The maximum absolute atomic E-state index is 14.1. The van der Waals surface area contributed by atoms with Crippen LogP contribution in [0.25, 0.3) is 0 Å². The van der Waals surface area contributed by atoms with Crippen LogP contribution in [0, 0.1) is 29.0 Å². The maximum atomic E-state index is 14.1. The molecule has 0 spiro atoms. The summed E-state index contributed by atoms with van der Waals surface area (Å²) in [7, 11) is 0. The van der Waals surface area contributed by atoms with E-state index in [1.54, 1.807) is 9.80 Å². The summed E-state index contributed by atoms with van der Waals surface area (Å²) in [6, 6.07) is 2.78. The molecule has 1 aliphatic carbocycles. The van der Waals surface area contributed by atoms with Crippen molar-refractivity contribution < 1.29 is 14.0 Å². The van der Waals surface area contributed by atoms with Crippen LogP contribution in [0.4, 0.5) is 4.39 Å². The average molecular weight is 397 g/mol. The number of amides is 2. The molecule has 3 saturated heterocycles. The summed E-state index contributed by atoms with van der Waals surface area (Å²) in [4.78, 5) is 33.3. The number of aromatic nitrogens is 1. The van der Waals surface area contributed by atoms with E-state index in [-0.39, 0.29) is 47.5 Å². The molecule has 1 aromatic heterocycles. The lowest BCUT2D eigenvalue weighted by molar-refractivity contribution is -0.135. The predicted octanol–water partition coefficient (Wildman–Crippen LogP) is 1.44. The highest BCUT2D eigenvalue weighted by molar-refractivity contribution is 5.95. The van der Waals surface area contributed by atoms with Gasteiger partial charge in [-0.2, -0.15) is 5.26 Å². The van der Waals surface area contributed by atoms with Crippen molar-refractivity contribution in [3.05, 3.63) is 29.8 Å². The standard InChI is InChI=1S/C21H24FN5O2/c22-17-10-25-4-3-16(17)20(28)26-13-1-2-14(26)7-12(6-13)19(24)21(29)27-15(9-23)5-11-8-18(11)27/h3-4,10-15,18-19H,1-2,5-8,24H2. The molecule has 29 heavy (non-hydrogen) atoms. The molecule has 2 N–H and O–H groups in total. The highest BCUT2D eigenvalue weighted by atomic mass is 19.1. The van der Waals surface area contributed by atoms with Gasteiger partial charge in [-0.1, -0.05) is 0 Å². The van der Waals surface area contributed by atoms with E-state index < -0.39 is 11.9 Å². The fourth-order valence-corrected chi connectivity index (χ4v) is 5.79. The lowest BCUT2D eigenvalue weighted by atomic mass is 9.84. The van der Waals surface area contributed by atoms with Crippen LogP contribution in [0.5, 0.6) is 0 Å². The van der Waals surface area contributed by atoms with E-state index in [0.29, 0.717) is 18.8 Å². The summed E-state index contributed by atoms with van der Waals surface area (Å²) in [5, 5.41) is 9.37. The third kappa shape index (κ3) is 2.91. The van der Waals surface area contributed by atoms with Crippen LogP contribution in [0.1, 0.15) is 48.9 Å². The number of carbonyl (C=O) groups excluding carboxylic acids is 2. The molecule has 4 fully saturated rings. The minimum Gasteiger partial charge on any atom is -0.333 e. The number of piperidine rings is 2. The first-order valence-electron chi connectivity index (χ1n) is 10.4. The SMILES string of the molecule is N#CC1CC2CC2N1C(=O)C(N)C1CC2CCC(C1)N2C(=O)c1ccncc1F. The monoisotopic (exact) mass is 397 g/mol. The molecule has 4 aliphatic rings. The highest BCUT2D eigenvalue weighted by Gasteiger charge is 2.56. The van der Waals surface area contributed by atoms with Crippen LogP contribution < -0.4 is 5.73 Å². The first kappa shape index (κ1) is 18.5. The molecule has 152 valence electrons. The van der Waals surface area contributed by atoms with Gasteiger partial charge in [0, 0.05) is 24.3 Å². The molecule has 5 rings (SSSR count). The van der Waals surface area contributed by atoms with Gasteiger partial charge in [0.05, 0.1) is 23.9 Å². The van der Waals surface area contributed by atoms with Crippen LogP contribution in [-0.2, 0) is 4.79 Å². The van der Waals surface area contributed by atoms with E-state index >= 15 is 0 Å². The minimum atomic E-state index is -0.650. The second-order valence-corrected chi connectivity index (χ2v) is 8.90. The fraction of sp³-hybridized carbons (Fsp3) is 0.619. The van der Waals surface area contributed by atoms with E-state index in [0.717, 1.165) is 31.9 Å². The summed E-state index contributed by atoms with van der Waals surface area (Å²) < 4.78 is 14.1. The number of nitriles is 1. The molecule has 6 unspecified atom stereocenters. The molecule has 8 heteroatoms. The van der Waals surface area contributed by atoms with E-state index in [4.69, 9.17) is 5.73 Å². The molecule has 6 atom stereocenters. The Bertz CT molecular complexity index is 887. The number of hydrogen-bond acceptors (Lipinski definition) is 5. The number of rotatable bonds is 3. The summed E-state index contributed by atoms with van der Waals surface area (Å²) in [6.45, 7) is 0. The quantitative estimate of drug-likeness (QED) is 0.831. The summed E-state index contributed by atoms with van der Waals surface area (Å²) in [6.07, 6.45) is 7.19. The van der Waals surface area contributed by atoms with Gasteiger partial charge in [-0.15, -0.1) is 0 Å². The summed E-state index contributed by atoms with van der Waals surface area (Å²) in [5.74, 6) is -0.599. The molecule has 2 amide bonds. The molecule has 0 aromatic carbocycles. The van der Waals surface area contributed by atoms with Crippen LogP contribution >= 0.6 is 0 Å². The highest BCUT2D eigenvalue weighted by Crippen LogP contribution is 2.48. The lowest BCUT2D eigenvalue weighted by Crippen LogP contribution is -2.55. The molecular formula is C21H24FN5O2. The van der Waals surface area contributed by atoms with Gasteiger partial charge in [0.1, 0.15) is 6.04 Å². The number of carbonyl (C=O) groups is 2. The molecule has 7 nitrogen and oxygen atoms in total. The largest absolute Gasteiger partial charge is 0.333 e. The third-order valence-corrected chi connectivity index (χ3v) is 7.31. The van der Waals surface area contributed by atoms with Crippen molar-refractivity contribution in [3.8, 4) is 6.07 Å². The van der Waals surface area contributed by atoms with Gasteiger partial charge < -0.3 is 15.5 Å². The maximum Gasteiger partial charge on any atom is 0.257 e. The number of fused-ring (bicyclic) bond motifs is 3. The number of hydrogen-bond donors (Lipinski definition) is 1. The Balaban J connectivity index is 1.30. The Hall–Kier alpha value is -2.53. The van der Waals surface area contributed by atoms with E-state index in [2.05, 4.69) is 11.1 Å². The Labute approximate surface area is 168 Å². The topological polar surface area (TPSA) is 103 Å². The summed E-state index contributed by atoms with van der Waals surface area (Å²) in [5.41, 5.74) is 6.45. The zero-order valence-corrected chi connectivity index (χ0v) is 16.1. The third-order valence-electron chi connectivity index (χ3n) is 7.31. The van der Waals surface area contributed by atoms with Crippen LogP contribution in [0.15, 0.2) is 18.5 Å². The number of nitrogens with two attached hydrogens (primary N) is 1. The molecule has 0 radical (unpaired) electrons. The predicted molar refractivity (Wildman–Crippen MR) is 101 cm³/mol. The van der Waals surface area contributed by atoms with Gasteiger partial charge in [-0.05, 0) is 56.4 Å². The van der Waals surface area contributed by atoms with Gasteiger partial charge >= 0.3 is 0 Å². The Morgan fingerprint density at radius 3 is 2.59 bits per heavy atom. The Morgan fingerprint density at radius 2 is 1.93 bits per heavy atom. The Morgan fingerprint density at radius 1 is 1.21 bits per heavy atom. The van der Waals surface area contributed by atoms with E-state index in [9.17, 15) is 19.2 Å². The number of nitrogens with zero attached hydrogens (tertiary/aromatic N) is 4. The van der Waals surface area contributed by atoms with Crippen LogP contribution in [0.3, 0.4) is 0 Å². The van der Waals surface area contributed by atoms with Gasteiger partial charge in [0.25, 0.3) is 5.91 Å². The second kappa shape index (κ2) is 6.77. The zero-order chi connectivity index (χ0) is 20.3.